The third-order valence-corrected chi connectivity index (χ3v) is 5.02. The number of nitrogens with one attached hydrogen (secondary N) is 2. The minimum Gasteiger partial charge on any atom is -0.383 e. The Morgan fingerprint density at radius 3 is 2.52 bits per heavy atom. The van der Waals surface area contributed by atoms with Crippen molar-refractivity contribution < 1.29 is 14.3 Å². The van der Waals surface area contributed by atoms with Gasteiger partial charge < -0.3 is 19.9 Å². The highest BCUT2D eigenvalue weighted by atomic mass is 16.5. The quantitative estimate of drug-likeness (QED) is 0.408. The number of rotatable bonds is 11. The van der Waals surface area contributed by atoms with Crippen LogP contribution in [-0.2, 0) is 34.0 Å². The molecule has 2 heterocycles. The summed E-state index contributed by atoms with van der Waals surface area (Å²) in [5, 5.41) is 5.10. The van der Waals surface area contributed by atoms with Gasteiger partial charge in [-0.05, 0) is 12.0 Å². The van der Waals surface area contributed by atoms with Crippen LogP contribution >= 0.6 is 0 Å². The number of imidazole rings is 1. The highest BCUT2D eigenvalue weighted by molar-refractivity contribution is 5.84. The third-order valence-electron chi connectivity index (χ3n) is 5.02. The first-order valence-electron chi connectivity index (χ1n) is 10.7. The molecule has 11 nitrogen and oxygen atoms in total. The zero-order valence-electron chi connectivity index (χ0n) is 18.7. The fourth-order valence-electron chi connectivity index (χ4n) is 3.35. The summed E-state index contributed by atoms with van der Waals surface area (Å²) in [5.41, 5.74) is 0.00337. The van der Waals surface area contributed by atoms with E-state index < -0.39 is 23.7 Å². The maximum Gasteiger partial charge on any atom is 0.333 e. The first-order valence-corrected chi connectivity index (χ1v) is 10.7. The first-order chi connectivity index (χ1) is 16.0. The van der Waals surface area contributed by atoms with Crippen LogP contribution in [-0.4, -0.2) is 57.3 Å². The van der Waals surface area contributed by atoms with Crippen molar-refractivity contribution in [1.29, 1.82) is 0 Å². The number of carbonyl (C=O) groups excluding carboxylic acids is 2. The summed E-state index contributed by atoms with van der Waals surface area (Å²) in [6.07, 6.45) is 2.25. The second kappa shape index (κ2) is 11.2. The van der Waals surface area contributed by atoms with Gasteiger partial charge in [0.2, 0.25) is 11.8 Å². The first kappa shape index (κ1) is 23.9. The number of aromatic nitrogens is 4. The van der Waals surface area contributed by atoms with Crippen LogP contribution in [0, 0.1) is 0 Å². The molecule has 0 unspecified atom stereocenters. The van der Waals surface area contributed by atoms with Crippen molar-refractivity contribution >= 4 is 23.0 Å². The molecule has 11 heteroatoms. The van der Waals surface area contributed by atoms with Crippen molar-refractivity contribution in [3.63, 3.8) is 0 Å². The number of nitrogens with zero attached hydrogens (tertiary/aromatic N) is 4. The molecule has 0 fully saturated rings. The smallest absolute Gasteiger partial charge is 0.333 e. The normalized spacial score (nSPS) is 11.0. The molecule has 0 aliphatic carbocycles. The number of methoxy groups -OCH3 is 1. The van der Waals surface area contributed by atoms with Gasteiger partial charge in [-0.3, -0.25) is 19.0 Å². The Kier molecular flexibility index (Phi) is 8.14. The number of hydrogen-bond acceptors (Lipinski definition) is 6. The largest absolute Gasteiger partial charge is 0.383 e. The Labute approximate surface area is 190 Å². The van der Waals surface area contributed by atoms with Crippen molar-refractivity contribution in [3.8, 4) is 0 Å². The molecule has 2 N–H and O–H groups in total. The molecule has 0 atom stereocenters. The molecule has 0 aliphatic rings. The second-order valence-corrected chi connectivity index (χ2v) is 7.48. The van der Waals surface area contributed by atoms with Crippen LogP contribution < -0.4 is 21.9 Å². The molecule has 2 amide bonds. The van der Waals surface area contributed by atoms with E-state index in [2.05, 4.69) is 15.6 Å². The minimum atomic E-state index is -0.654. The number of benzene rings is 1. The lowest BCUT2D eigenvalue weighted by molar-refractivity contribution is -0.126. The summed E-state index contributed by atoms with van der Waals surface area (Å²) in [4.78, 5) is 54.9. The van der Waals surface area contributed by atoms with E-state index in [1.807, 2.05) is 37.3 Å². The summed E-state index contributed by atoms with van der Waals surface area (Å²) < 4.78 is 8.95. The van der Waals surface area contributed by atoms with Crippen LogP contribution in [0.2, 0.25) is 0 Å². The van der Waals surface area contributed by atoms with Gasteiger partial charge in [0, 0.05) is 20.2 Å². The Morgan fingerprint density at radius 1 is 1.06 bits per heavy atom. The number of amides is 2. The molecule has 176 valence electrons. The van der Waals surface area contributed by atoms with E-state index in [1.165, 1.54) is 10.9 Å². The van der Waals surface area contributed by atoms with Gasteiger partial charge in [-0.25, -0.2) is 14.3 Å². The Balaban J connectivity index is 1.97. The monoisotopic (exact) mass is 456 g/mol. The van der Waals surface area contributed by atoms with Crippen molar-refractivity contribution in [3.05, 3.63) is 63.1 Å². The van der Waals surface area contributed by atoms with Crippen LogP contribution in [0.25, 0.3) is 11.2 Å². The molecule has 3 rings (SSSR count). The van der Waals surface area contributed by atoms with Crippen LogP contribution in [0.15, 0.2) is 46.2 Å². The molecular weight excluding hydrogens is 428 g/mol. The van der Waals surface area contributed by atoms with E-state index in [9.17, 15) is 19.2 Å². The zero-order valence-corrected chi connectivity index (χ0v) is 18.7. The third kappa shape index (κ3) is 5.75. The Bertz CT molecular complexity index is 1230. The average Bonchev–Trinajstić information content (AvgIpc) is 3.25. The van der Waals surface area contributed by atoms with Crippen LogP contribution in [0.4, 0.5) is 0 Å². The summed E-state index contributed by atoms with van der Waals surface area (Å²) in [7, 11) is 1.55. The van der Waals surface area contributed by atoms with Crippen molar-refractivity contribution in [2.45, 2.75) is 33.0 Å². The van der Waals surface area contributed by atoms with E-state index in [0.717, 1.165) is 16.6 Å². The number of fused-ring (bicyclic) bond motifs is 1. The Hall–Kier alpha value is -3.73. The standard InChI is InChI=1S/C22H28N6O5/c1-3-9-23-17(29)12-24-18(30)14-28-21(31)19-20(25-15-26(19)10-11-33-2)27(22(28)32)13-16-7-5-4-6-8-16/h4-8,15H,3,9-14H2,1-2H3,(H,23,29)(H,24,30). The molecule has 0 spiro atoms. The minimum absolute atomic E-state index is 0.179. The molecule has 1 aromatic carbocycles. The number of ether oxygens (including phenoxy) is 1. The lowest BCUT2D eigenvalue weighted by atomic mass is 10.2. The Morgan fingerprint density at radius 2 is 1.82 bits per heavy atom. The molecule has 2 aromatic heterocycles. The SMILES string of the molecule is CCCNC(=O)CNC(=O)Cn1c(=O)c2c(ncn2CCOC)n(Cc2ccccc2)c1=O. The van der Waals surface area contributed by atoms with Crippen LogP contribution in [0.1, 0.15) is 18.9 Å². The van der Waals surface area contributed by atoms with E-state index >= 15 is 0 Å². The van der Waals surface area contributed by atoms with E-state index in [-0.39, 0.29) is 30.2 Å². The molecule has 0 radical (unpaired) electrons. The van der Waals surface area contributed by atoms with Gasteiger partial charge in [0.25, 0.3) is 5.56 Å². The van der Waals surface area contributed by atoms with Gasteiger partial charge in [0.05, 0.1) is 26.0 Å². The summed E-state index contributed by atoms with van der Waals surface area (Å²) in [5.74, 6) is -0.957. The van der Waals surface area contributed by atoms with Crippen molar-refractivity contribution in [1.82, 2.24) is 29.3 Å². The summed E-state index contributed by atoms with van der Waals surface area (Å²) in [6, 6.07) is 9.28. The number of hydrogen-bond donors (Lipinski definition) is 2. The maximum absolute atomic E-state index is 13.2. The highest BCUT2D eigenvalue weighted by Crippen LogP contribution is 2.09. The molecular formula is C22H28N6O5. The van der Waals surface area contributed by atoms with Crippen molar-refractivity contribution in [2.24, 2.45) is 0 Å². The predicted molar refractivity (Wildman–Crippen MR) is 122 cm³/mol. The topological polar surface area (TPSA) is 129 Å². The predicted octanol–water partition coefficient (Wildman–Crippen LogP) is -0.303. The summed E-state index contributed by atoms with van der Waals surface area (Å²) >= 11 is 0. The molecule has 0 saturated heterocycles. The maximum atomic E-state index is 13.2. The fourth-order valence-corrected chi connectivity index (χ4v) is 3.35. The molecule has 0 bridgehead atoms. The van der Waals surface area contributed by atoms with Gasteiger partial charge >= 0.3 is 5.69 Å². The van der Waals surface area contributed by atoms with Crippen LogP contribution in [0.5, 0.6) is 0 Å². The lowest BCUT2D eigenvalue weighted by Gasteiger charge is -2.13. The van der Waals surface area contributed by atoms with E-state index in [4.69, 9.17) is 4.74 Å². The van der Waals surface area contributed by atoms with Gasteiger partial charge in [-0.2, -0.15) is 0 Å². The van der Waals surface area contributed by atoms with Gasteiger partial charge in [-0.15, -0.1) is 0 Å². The van der Waals surface area contributed by atoms with E-state index in [1.54, 1.807) is 11.7 Å². The molecule has 33 heavy (non-hydrogen) atoms. The van der Waals surface area contributed by atoms with Gasteiger partial charge in [0.15, 0.2) is 11.2 Å². The summed E-state index contributed by atoms with van der Waals surface area (Å²) in [6.45, 7) is 2.54. The fraction of sp³-hybridized carbons (Fsp3) is 0.409. The average molecular weight is 457 g/mol. The van der Waals surface area contributed by atoms with Crippen molar-refractivity contribution in [2.75, 3.05) is 26.8 Å². The molecule has 3 aromatic rings. The molecule has 0 aliphatic heterocycles. The highest BCUT2D eigenvalue weighted by Gasteiger charge is 2.20. The molecule has 0 saturated carbocycles. The lowest BCUT2D eigenvalue weighted by Crippen LogP contribution is -2.46. The van der Waals surface area contributed by atoms with Gasteiger partial charge in [0.1, 0.15) is 6.54 Å². The second-order valence-electron chi connectivity index (χ2n) is 7.48. The van der Waals surface area contributed by atoms with Gasteiger partial charge in [-0.1, -0.05) is 37.3 Å². The zero-order chi connectivity index (χ0) is 23.8. The van der Waals surface area contributed by atoms with Crippen LogP contribution in [0.3, 0.4) is 0 Å². The van der Waals surface area contributed by atoms with E-state index in [0.29, 0.717) is 19.7 Å². The number of carbonyl (C=O) groups is 2.